The summed E-state index contributed by atoms with van der Waals surface area (Å²) in [4.78, 5) is 0. The molecule has 4 heteroatoms. The van der Waals surface area contributed by atoms with Crippen molar-refractivity contribution in [2.24, 2.45) is 0 Å². The smallest absolute Gasteiger partial charge is 0.266 e. The lowest BCUT2D eigenvalue weighted by molar-refractivity contribution is -0.0951. The van der Waals surface area contributed by atoms with E-state index in [2.05, 4.69) is 0 Å². The van der Waals surface area contributed by atoms with Gasteiger partial charge in [0, 0.05) is 0 Å². The number of hydrogen-bond donors (Lipinski definition) is 1. The molecule has 0 radical (unpaired) electrons. The highest BCUT2D eigenvalue weighted by molar-refractivity contribution is 4.78. The molecule has 1 heterocycles. The molecule has 3 unspecified atom stereocenters. The van der Waals surface area contributed by atoms with Gasteiger partial charge in [0.15, 0.2) is 0 Å². The summed E-state index contributed by atoms with van der Waals surface area (Å²) in [5, 5.41) is 8.87. The first-order valence-corrected chi connectivity index (χ1v) is 3.73. The fourth-order valence-electron chi connectivity index (χ4n) is 1.25. The lowest BCUT2D eigenvalue weighted by Gasteiger charge is -2.16. The summed E-state index contributed by atoms with van der Waals surface area (Å²) in [5.41, 5.74) is 0. The minimum Gasteiger partial charge on any atom is -0.384 e. The van der Waals surface area contributed by atoms with E-state index in [-0.39, 0.29) is 6.10 Å². The van der Waals surface area contributed by atoms with Crippen molar-refractivity contribution in [3.63, 3.8) is 0 Å². The maximum Gasteiger partial charge on any atom is 0.266 e. The van der Waals surface area contributed by atoms with Crippen LogP contribution in [-0.4, -0.2) is 29.8 Å². The number of halogens is 2. The van der Waals surface area contributed by atoms with Crippen LogP contribution in [-0.2, 0) is 4.74 Å². The van der Waals surface area contributed by atoms with Crippen LogP contribution in [0.3, 0.4) is 0 Å². The summed E-state index contributed by atoms with van der Waals surface area (Å²) < 4.78 is 28.8. The van der Waals surface area contributed by atoms with Crippen molar-refractivity contribution in [1.29, 1.82) is 0 Å². The Hall–Kier alpha value is -0.220. The van der Waals surface area contributed by atoms with Gasteiger partial charge >= 0.3 is 0 Å². The molecule has 0 saturated carbocycles. The second-order valence-corrected chi connectivity index (χ2v) is 2.89. The molecule has 2 nitrogen and oxygen atoms in total. The molecule has 0 aromatic carbocycles. The molecule has 66 valence electrons. The van der Waals surface area contributed by atoms with Crippen molar-refractivity contribution in [2.75, 3.05) is 0 Å². The molecule has 1 saturated heterocycles. The molecular weight excluding hydrogens is 154 g/mol. The second kappa shape index (κ2) is 3.45. The molecule has 1 rings (SSSR count). The van der Waals surface area contributed by atoms with Crippen LogP contribution < -0.4 is 0 Å². The van der Waals surface area contributed by atoms with Gasteiger partial charge in [0.1, 0.15) is 6.10 Å². The van der Waals surface area contributed by atoms with Crippen LogP contribution in [0.5, 0.6) is 0 Å². The summed E-state index contributed by atoms with van der Waals surface area (Å²) in [6.45, 7) is 1.82. The number of alkyl halides is 2. The van der Waals surface area contributed by atoms with Crippen LogP contribution in [0.25, 0.3) is 0 Å². The van der Waals surface area contributed by atoms with Gasteiger partial charge in [-0.3, -0.25) is 0 Å². The van der Waals surface area contributed by atoms with Crippen molar-refractivity contribution in [3.05, 3.63) is 0 Å². The predicted octanol–water partition coefficient (Wildman–Crippen LogP) is 1.18. The van der Waals surface area contributed by atoms with Gasteiger partial charge in [-0.05, 0) is 19.8 Å². The first-order valence-electron chi connectivity index (χ1n) is 3.73. The Labute approximate surface area is 64.2 Å². The Morgan fingerprint density at radius 1 is 1.45 bits per heavy atom. The van der Waals surface area contributed by atoms with Gasteiger partial charge < -0.3 is 9.84 Å². The molecule has 0 bridgehead atoms. The first-order chi connectivity index (χ1) is 5.11. The Bertz CT molecular complexity index is 130. The third kappa shape index (κ3) is 2.10. The van der Waals surface area contributed by atoms with E-state index in [9.17, 15) is 8.78 Å². The molecular formula is C7H12F2O2. The van der Waals surface area contributed by atoms with Crippen molar-refractivity contribution in [3.8, 4) is 0 Å². The highest BCUT2D eigenvalue weighted by Gasteiger charge is 2.33. The predicted molar refractivity (Wildman–Crippen MR) is 35.6 cm³/mol. The Kier molecular flexibility index (Phi) is 2.78. The normalized spacial score (nSPS) is 34.6. The lowest BCUT2D eigenvalue weighted by Crippen LogP contribution is -2.32. The van der Waals surface area contributed by atoms with E-state index < -0.39 is 18.6 Å². The van der Waals surface area contributed by atoms with Gasteiger partial charge in [-0.1, -0.05) is 0 Å². The van der Waals surface area contributed by atoms with Gasteiger partial charge in [-0.25, -0.2) is 8.78 Å². The second-order valence-electron chi connectivity index (χ2n) is 2.89. The van der Waals surface area contributed by atoms with E-state index in [1.54, 1.807) is 0 Å². The largest absolute Gasteiger partial charge is 0.384 e. The quantitative estimate of drug-likeness (QED) is 0.667. The van der Waals surface area contributed by atoms with Crippen molar-refractivity contribution >= 4 is 0 Å². The number of aliphatic hydroxyl groups is 1. The summed E-state index contributed by atoms with van der Waals surface area (Å²) in [5.74, 6) is 0. The van der Waals surface area contributed by atoms with E-state index in [1.165, 1.54) is 0 Å². The van der Waals surface area contributed by atoms with Gasteiger partial charge in [0.25, 0.3) is 6.43 Å². The number of rotatable bonds is 2. The molecule has 0 aliphatic carbocycles. The molecule has 3 atom stereocenters. The Morgan fingerprint density at radius 2 is 2.09 bits per heavy atom. The van der Waals surface area contributed by atoms with E-state index in [4.69, 9.17) is 9.84 Å². The summed E-state index contributed by atoms with van der Waals surface area (Å²) >= 11 is 0. The summed E-state index contributed by atoms with van der Waals surface area (Å²) in [6.07, 6.45) is -3.66. The van der Waals surface area contributed by atoms with Crippen LogP contribution >= 0.6 is 0 Å². The van der Waals surface area contributed by atoms with E-state index in [1.807, 2.05) is 6.92 Å². The molecule has 1 aliphatic heterocycles. The highest BCUT2D eigenvalue weighted by atomic mass is 19.3. The molecule has 0 aromatic heterocycles. The van der Waals surface area contributed by atoms with E-state index in [0.29, 0.717) is 6.42 Å². The monoisotopic (exact) mass is 166 g/mol. The number of hydrogen-bond acceptors (Lipinski definition) is 2. The van der Waals surface area contributed by atoms with Crippen LogP contribution in [0.2, 0.25) is 0 Å². The molecule has 1 aliphatic rings. The fourth-order valence-corrected chi connectivity index (χ4v) is 1.25. The topological polar surface area (TPSA) is 29.5 Å². The van der Waals surface area contributed by atoms with Gasteiger partial charge in [0.2, 0.25) is 0 Å². The Balaban J connectivity index is 2.36. The van der Waals surface area contributed by atoms with Crippen LogP contribution in [0.15, 0.2) is 0 Å². The maximum atomic E-state index is 11.9. The fraction of sp³-hybridized carbons (Fsp3) is 1.00. The van der Waals surface area contributed by atoms with Gasteiger partial charge in [-0.2, -0.15) is 0 Å². The summed E-state index contributed by atoms with van der Waals surface area (Å²) in [6, 6.07) is 0. The molecule has 0 amide bonds. The zero-order valence-corrected chi connectivity index (χ0v) is 6.34. The first kappa shape index (κ1) is 8.87. The maximum absolute atomic E-state index is 11.9. The molecule has 11 heavy (non-hydrogen) atoms. The minimum atomic E-state index is -2.69. The number of aliphatic hydroxyl groups excluding tert-OH is 1. The molecule has 1 N–H and O–H groups in total. The van der Waals surface area contributed by atoms with Crippen molar-refractivity contribution in [1.82, 2.24) is 0 Å². The van der Waals surface area contributed by atoms with Gasteiger partial charge in [-0.15, -0.1) is 0 Å². The third-order valence-corrected chi connectivity index (χ3v) is 1.90. The average Bonchev–Trinajstić information content (AvgIpc) is 2.34. The Morgan fingerprint density at radius 3 is 2.45 bits per heavy atom. The zero-order valence-electron chi connectivity index (χ0n) is 6.34. The van der Waals surface area contributed by atoms with Crippen LogP contribution in [0.4, 0.5) is 8.78 Å². The average molecular weight is 166 g/mol. The van der Waals surface area contributed by atoms with Gasteiger partial charge in [0.05, 0.1) is 12.2 Å². The lowest BCUT2D eigenvalue weighted by atomic mass is 10.1. The third-order valence-electron chi connectivity index (χ3n) is 1.90. The highest BCUT2D eigenvalue weighted by Crippen LogP contribution is 2.24. The molecule has 1 fully saturated rings. The SMILES string of the molecule is CC1CCC(C(O)C(F)F)O1. The molecule has 0 aromatic rings. The van der Waals surface area contributed by atoms with Crippen LogP contribution in [0, 0.1) is 0 Å². The van der Waals surface area contributed by atoms with E-state index >= 15 is 0 Å². The van der Waals surface area contributed by atoms with Crippen LogP contribution in [0.1, 0.15) is 19.8 Å². The standard InChI is InChI=1S/C7H12F2O2/c1-4-2-3-5(11-4)6(10)7(8)9/h4-7,10H,2-3H2,1H3. The zero-order chi connectivity index (χ0) is 8.43. The van der Waals surface area contributed by atoms with Crippen molar-refractivity contribution in [2.45, 2.75) is 44.5 Å². The minimum absolute atomic E-state index is 0.00778. The van der Waals surface area contributed by atoms with Crippen molar-refractivity contribution < 1.29 is 18.6 Å². The molecule has 0 spiro atoms. The van der Waals surface area contributed by atoms with E-state index in [0.717, 1.165) is 6.42 Å². The summed E-state index contributed by atoms with van der Waals surface area (Å²) in [7, 11) is 0. The number of ether oxygens (including phenoxy) is 1.